The first-order valence-corrected chi connectivity index (χ1v) is 10.9. The van der Waals surface area contributed by atoms with Gasteiger partial charge in [0.05, 0.1) is 22.9 Å². The summed E-state index contributed by atoms with van der Waals surface area (Å²) in [5.41, 5.74) is 1.02. The van der Waals surface area contributed by atoms with Crippen LogP contribution in [0.5, 0.6) is 0 Å². The van der Waals surface area contributed by atoms with E-state index < -0.39 is 31.4 Å². The average molecular weight is 360 g/mol. The number of nitrogens with zero attached hydrogens (tertiary/aromatic N) is 1. The van der Waals surface area contributed by atoms with Gasteiger partial charge in [-0.2, -0.15) is 0 Å². The third-order valence-corrected chi connectivity index (χ3v) is 6.35. The van der Waals surface area contributed by atoms with Crippen molar-refractivity contribution >= 4 is 31.2 Å². The minimum absolute atomic E-state index is 0.0591. The van der Waals surface area contributed by atoms with Gasteiger partial charge in [-0.25, -0.2) is 26.5 Å². The van der Waals surface area contributed by atoms with Gasteiger partial charge in [0.15, 0.2) is 0 Å². The molecule has 2 rings (SSSR count). The highest BCUT2D eigenvalue weighted by Crippen LogP contribution is 2.25. The number of nitrogens with one attached hydrogen (secondary N) is 1. The Kier molecular flexibility index (Phi) is 5.32. The summed E-state index contributed by atoms with van der Waals surface area (Å²) in [5, 5.41) is 0.627. The summed E-state index contributed by atoms with van der Waals surface area (Å²) in [4.78, 5) is 5.13. The topological polar surface area (TPSA) is 93.2 Å². The van der Waals surface area contributed by atoms with Gasteiger partial charge >= 0.3 is 0 Å². The molecule has 0 radical (unpaired) electrons. The van der Waals surface area contributed by atoms with Crippen molar-refractivity contribution in [3.63, 3.8) is 0 Å². The van der Waals surface area contributed by atoms with E-state index in [9.17, 15) is 16.8 Å². The lowest BCUT2D eigenvalue weighted by Gasteiger charge is -2.04. The minimum Gasteiger partial charge on any atom is -0.248 e. The van der Waals surface area contributed by atoms with Crippen LogP contribution in [0.25, 0.3) is 10.4 Å². The average Bonchev–Trinajstić information content (AvgIpc) is 2.93. The van der Waals surface area contributed by atoms with Crippen LogP contribution in [0, 0.1) is 0 Å². The fourth-order valence-corrected chi connectivity index (χ4v) is 5.18. The van der Waals surface area contributed by atoms with E-state index in [0.717, 1.165) is 16.7 Å². The second-order valence-electron chi connectivity index (χ2n) is 4.75. The summed E-state index contributed by atoms with van der Waals surface area (Å²) in [7, 11) is -6.94. The van der Waals surface area contributed by atoms with E-state index in [-0.39, 0.29) is 6.54 Å². The molecular formula is C13H16N2O4S3. The van der Waals surface area contributed by atoms with Gasteiger partial charge < -0.3 is 0 Å². The molecule has 0 aliphatic carbocycles. The number of hydrogen-bond donors (Lipinski definition) is 1. The molecule has 1 aromatic carbocycles. The molecule has 0 aliphatic rings. The summed E-state index contributed by atoms with van der Waals surface area (Å²) >= 11 is 1.39. The molecule has 120 valence electrons. The maximum Gasteiger partial charge on any atom is 0.212 e. The smallest absolute Gasteiger partial charge is 0.212 e. The molecule has 0 spiro atoms. The lowest BCUT2D eigenvalue weighted by molar-refractivity contribution is 0.578. The summed E-state index contributed by atoms with van der Waals surface area (Å²) < 4.78 is 47.8. The van der Waals surface area contributed by atoms with Crippen LogP contribution in [-0.2, 0) is 26.4 Å². The van der Waals surface area contributed by atoms with E-state index in [1.165, 1.54) is 11.3 Å². The maximum atomic E-state index is 11.7. The van der Waals surface area contributed by atoms with Crippen LogP contribution in [0.4, 0.5) is 0 Å². The van der Waals surface area contributed by atoms with E-state index >= 15 is 0 Å². The van der Waals surface area contributed by atoms with Crippen molar-refractivity contribution in [1.82, 2.24) is 9.71 Å². The Balaban J connectivity index is 1.96. The first-order valence-electron chi connectivity index (χ1n) is 6.40. The number of sulfonamides is 1. The van der Waals surface area contributed by atoms with Crippen molar-refractivity contribution in [2.75, 3.05) is 17.8 Å². The monoisotopic (exact) mass is 360 g/mol. The Morgan fingerprint density at radius 1 is 1.09 bits per heavy atom. The number of rotatable bonds is 7. The highest BCUT2D eigenvalue weighted by Gasteiger charge is 2.15. The number of benzene rings is 1. The second-order valence-corrected chi connectivity index (χ2v) is 10.1. The van der Waals surface area contributed by atoms with Gasteiger partial charge in [0.1, 0.15) is 14.8 Å². The molecule has 0 bridgehead atoms. The first-order chi connectivity index (χ1) is 10.3. The molecule has 9 heteroatoms. The Bertz CT molecular complexity index is 827. The Hall–Kier alpha value is -1.29. The van der Waals surface area contributed by atoms with Crippen molar-refractivity contribution < 1.29 is 16.8 Å². The number of sulfone groups is 1. The Morgan fingerprint density at radius 2 is 1.77 bits per heavy atom. The van der Waals surface area contributed by atoms with Crippen LogP contribution in [0.1, 0.15) is 5.01 Å². The van der Waals surface area contributed by atoms with E-state index in [0.29, 0.717) is 5.01 Å². The van der Waals surface area contributed by atoms with Gasteiger partial charge in [0.25, 0.3) is 0 Å². The lowest BCUT2D eigenvalue weighted by atomic mass is 10.2. The molecule has 0 atom stereocenters. The standard InChI is InChI=1S/C13H16N2O4S3/c1-21(16,17)7-8-22(18,19)15-10-13-14-9-12(20-13)11-5-3-2-4-6-11/h2-6,9,15H,7-8,10H2,1H3. The lowest BCUT2D eigenvalue weighted by Crippen LogP contribution is -2.29. The zero-order valence-electron chi connectivity index (χ0n) is 11.9. The molecule has 1 N–H and O–H groups in total. The quantitative estimate of drug-likeness (QED) is 0.803. The Labute approximate surface area is 134 Å². The largest absolute Gasteiger partial charge is 0.248 e. The molecule has 0 aliphatic heterocycles. The number of thiazole rings is 1. The molecule has 0 unspecified atom stereocenters. The van der Waals surface area contributed by atoms with Crippen LogP contribution in [0.2, 0.25) is 0 Å². The van der Waals surface area contributed by atoms with Crippen LogP contribution >= 0.6 is 11.3 Å². The van der Waals surface area contributed by atoms with Crippen LogP contribution in [0.15, 0.2) is 36.5 Å². The van der Waals surface area contributed by atoms with Gasteiger partial charge in [-0.1, -0.05) is 30.3 Å². The van der Waals surface area contributed by atoms with Gasteiger partial charge in [0, 0.05) is 12.5 Å². The minimum atomic E-state index is -3.63. The van der Waals surface area contributed by atoms with Crippen molar-refractivity contribution in [1.29, 1.82) is 0 Å². The molecule has 6 nitrogen and oxygen atoms in total. The van der Waals surface area contributed by atoms with Crippen molar-refractivity contribution in [3.05, 3.63) is 41.5 Å². The molecule has 0 fully saturated rings. The van der Waals surface area contributed by atoms with Crippen LogP contribution < -0.4 is 4.72 Å². The zero-order valence-corrected chi connectivity index (χ0v) is 14.3. The molecule has 0 saturated heterocycles. The zero-order chi connectivity index (χ0) is 16.2. The molecule has 1 aromatic heterocycles. The highest BCUT2D eigenvalue weighted by atomic mass is 32.2. The molecule has 1 heterocycles. The summed E-state index contributed by atoms with van der Waals surface area (Å²) in [6.07, 6.45) is 2.70. The third kappa shape index (κ3) is 5.48. The molecule has 22 heavy (non-hydrogen) atoms. The van der Waals surface area contributed by atoms with Crippen molar-refractivity contribution in [2.24, 2.45) is 0 Å². The van der Waals surface area contributed by atoms with E-state index in [4.69, 9.17) is 0 Å². The van der Waals surface area contributed by atoms with Gasteiger partial charge in [-0.3, -0.25) is 0 Å². The molecular weight excluding hydrogens is 344 g/mol. The third-order valence-electron chi connectivity index (χ3n) is 2.78. The van der Waals surface area contributed by atoms with Gasteiger partial charge in [0.2, 0.25) is 10.0 Å². The number of aromatic nitrogens is 1. The van der Waals surface area contributed by atoms with Crippen LogP contribution in [-0.4, -0.2) is 39.6 Å². The van der Waals surface area contributed by atoms with E-state index in [1.807, 2.05) is 30.3 Å². The summed E-state index contributed by atoms with van der Waals surface area (Å²) in [6, 6.07) is 9.66. The van der Waals surface area contributed by atoms with Gasteiger partial charge in [-0.15, -0.1) is 11.3 Å². The predicted octanol–water partition coefficient (Wildman–Crippen LogP) is 1.27. The molecule has 0 saturated carbocycles. The Morgan fingerprint density at radius 3 is 2.41 bits per heavy atom. The van der Waals surface area contributed by atoms with Crippen LogP contribution in [0.3, 0.4) is 0 Å². The van der Waals surface area contributed by atoms with E-state index in [1.54, 1.807) is 6.20 Å². The summed E-state index contributed by atoms with van der Waals surface area (Å²) in [5.74, 6) is -0.835. The second kappa shape index (κ2) is 6.86. The predicted molar refractivity (Wildman–Crippen MR) is 87.9 cm³/mol. The fourth-order valence-electron chi connectivity index (χ4n) is 1.63. The SMILES string of the molecule is CS(=O)(=O)CCS(=O)(=O)NCc1ncc(-c2ccccc2)s1. The van der Waals surface area contributed by atoms with Crippen molar-refractivity contribution in [2.45, 2.75) is 6.54 Å². The highest BCUT2D eigenvalue weighted by molar-refractivity contribution is 7.93. The van der Waals surface area contributed by atoms with Crippen molar-refractivity contribution in [3.8, 4) is 10.4 Å². The van der Waals surface area contributed by atoms with Gasteiger partial charge in [-0.05, 0) is 5.56 Å². The number of hydrogen-bond acceptors (Lipinski definition) is 6. The maximum absolute atomic E-state index is 11.7. The first kappa shape index (κ1) is 17.1. The molecule has 0 amide bonds. The summed E-state index contributed by atoms with van der Waals surface area (Å²) in [6.45, 7) is 0.0591. The normalized spacial score (nSPS) is 12.4. The molecule has 2 aromatic rings. The fraction of sp³-hybridized carbons (Fsp3) is 0.308. The van der Waals surface area contributed by atoms with E-state index in [2.05, 4.69) is 9.71 Å².